The van der Waals surface area contributed by atoms with Crippen LogP contribution in [-0.2, 0) is 4.79 Å². The van der Waals surface area contributed by atoms with Gasteiger partial charge in [-0.15, -0.1) is 0 Å². The summed E-state index contributed by atoms with van der Waals surface area (Å²) < 4.78 is 0. The highest BCUT2D eigenvalue weighted by molar-refractivity contribution is 5.77. The molecule has 0 aliphatic carbocycles. The minimum Gasteiger partial charge on any atom is -0.395 e. The molecule has 0 spiro atoms. The summed E-state index contributed by atoms with van der Waals surface area (Å²) in [6, 6.07) is 0. The molecule has 1 amide bonds. The monoisotopic (exact) mass is 218 g/mol. The van der Waals surface area contributed by atoms with Gasteiger partial charge in [-0.1, -0.05) is 13.8 Å². The van der Waals surface area contributed by atoms with Crippen LogP contribution in [0.15, 0.2) is 0 Å². The van der Waals surface area contributed by atoms with Crippen molar-refractivity contribution in [3.63, 3.8) is 0 Å². The summed E-state index contributed by atoms with van der Waals surface area (Å²) in [6.07, 6.45) is 0. The third-order valence-corrected chi connectivity index (χ3v) is 1.91. The van der Waals surface area contributed by atoms with Crippen LogP contribution in [-0.4, -0.2) is 60.4 Å². The molecule has 0 bridgehead atoms. The Hall–Kier alpha value is -0.650. The fourth-order valence-corrected chi connectivity index (χ4v) is 1.13. The topological polar surface area (TPSA) is 72.8 Å². The molecule has 0 atom stereocenters. The van der Waals surface area contributed by atoms with E-state index >= 15 is 0 Å². The molecule has 0 saturated carbocycles. The number of aliphatic hydroxyl groups is 2. The lowest BCUT2D eigenvalue weighted by molar-refractivity contribution is -0.122. The summed E-state index contributed by atoms with van der Waals surface area (Å²) in [6.45, 7) is 5.76. The van der Waals surface area contributed by atoms with Crippen molar-refractivity contribution in [3.8, 4) is 0 Å². The SMILES string of the molecule is CC(C)CNC(=O)CN(CCO)CCO. The molecule has 5 nitrogen and oxygen atoms in total. The van der Waals surface area contributed by atoms with Gasteiger partial charge in [-0.05, 0) is 5.92 Å². The number of nitrogens with one attached hydrogen (secondary N) is 1. The zero-order valence-corrected chi connectivity index (χ0v) is 9.57. The Morgan fingerprint density at radius 1 is 1.27 bits per heavy atom. The molecule has 0 aliphatic heterocycles. The predicted molar refractivity (Wildman–Crippen MR) is 58.5 cm³/mol. The first-order valence-electron chi connectivity index (χ1n) is 5.31. The van der Waals surface area contributed by atoms with Gasteiger partial charge < -0.3 is 15.5 Å². The normalized spacial score (nSPS) is 11.1. The van der Waals surface area contributed by atoms with Crippen LogP contribution in [0.25, 0.3) is 0 Å². The zero-order valence-electron chi connectivity index (χ0n) is 9.57. The van der Waals surface area contributed by atoms with Crippen molar-refractivity contribution in [2.24, 2.45) is 5.92 Å². The third-order valence-electron chi connectivity index (χ3n) is 1.91. The second kappa shape index (κ2) is 8.64. The summed E-state index contributed by atoms with van der Waals surface area (Å²) in [5.41, 5.74) is 0. The standard InChI is InChI=1S/C10H22N2O3/c1-9(2)7-11-10(15)8-12(3-5-13)4-6-14/h9,13-14H,3-8H2,1-2H3,(H,11,15). The van der Waals surface area contributed by atoms with E-state index in [1.54, 1.807) is 4.90 Å². The predicted octanol–water partition coefficient (Wildman–Crippen LogP) is -0.955. The Balaban J connectivity index is 3.77. The van der Waals surface area contributed by atoms with Gasteiger partial charge in [0.15, 0.2) is 0 Å². The van der Waals surface area contributed by atoms with Crippen LogP contribution < -0.4 is 5.32 Å². The highest BCUT2D eigenvalue weighted by atomic mass is 16.3. The molecule has 90 valence electrons. The second-order valence-electron chi connectivity index (χ2n) is 3.92. The van der Waals surface area contributed by atoms with Gasteiger partial charge in [0.25, 0.3) is 0 Å². The number of hydrogen-bond acceptors (Lipinski definition) is 4. The number of nitrogens with zero attached hydrogens (tertiary/aromatic N) is 1. The lowest BCUT2D eigenvalue weighted by Crippen LogP contribution is -2.40. The summed E-state index contributed by atoms with van der Waals surface area (Å²) >= 11 is 0. The summed E-state index contributed by atoms with van der Waals surface area (Å²) in [7, 11) is 0. The largest absolute Gasteiger partial charge is 0.395 e. The Kier molecular flexibility index (Phi) is 8.27. The lowest BCUT2D eigenvalue weighted by atomic mass is 10.2. The van der Waals surface area contributed by atoms with Crippen molar-refractivity contribution in [2.75, 3.05) is 39.4 Å². The molecule has 3 N–H and O–H groups in total. The molecule has 0 aliphatic rings. The average Bonchev–Trinajstić information content (AvgIpc) is 2.15. The molecule has 0 aromatic rings. The number of amides is 1. The van der Waals surface area contributed by atoms with Crippen LogP contribution in [0.5, 0.6) is 0 Å². The number of hydrogen-bond donors (Lipinski definition) is 3. The van der Waals surface area contributed by atoms with E-state index in [0.717, 1.165) is 0 Å². The molecule has 0 saturated heterocycles. The number of carbonyl (C=O) groups is 1. The third kappa shape index (κ3) is 8.35. The number of carbonyl (C=O) groups excluding carboxylic acids is 1. The second-order valence-corrected chi connectivity index (χ2v) is 3.92. The fourth-order valence-electron chi connectivity index (χ4n) is 1.13. The van der Waals surface area contributed by atoms with E-state index in [0.29, 0.717) is 25.6 Å². The van der Waals surface area contributed by atoms with Crippen molar-refractivity contribution in [2.45, 2.75) is 13.8 Å². The quantitative estimate of drug-likeness (QED) is 0.491. The maximum Gasteiger partial charge on any atom is 0.234 e. The summed E-state index contributed by atoms with van der Waals surface area (Å²) in [5, 5.41) is 20.3. The van der Waals surface area contributed by atoms with Crippen molar-refractivity contribution in [3.05, 3.63) is 0 Å². The molecular formula is C10H22N2O3. The highest BCUT2D eigenvalue weighted by Crippen LogP contribution is 1.89. The fraction of sp³-hybridized carbons (Fsp3) is 0.900. The van der Waals surface area contributed by atoms with Crippen LogP contribution in [0, 0.1) is 5.92 Å². The van der Waals surface area contributed by atoms with Crippen molar-refractivity contribution in [1.29, 1.82) is 0 Å². The van der Waals surface area contributed by atoms with Crippen molar-refractivity contribution in [1.82, 2.24) is 10.2 Å². The van der Waals surface area contributed by atoms with Crippen LogP contribution in [0.2, 0.25) is 0 Å². The molecule has 0 heterocycles. The van der Waals surface area contributed by atoms with Gasteiger partial charge in [-0.3, -0.25) is 9.69 Å². The van der Waals surface area contributed by atoms with Gasteiger partial charge >= 0.3 is 0 Å². The number of aliphatic hydroxyl groups excluding tert-OH is 2. The number of rotatable bonds is 8. The molecule has 0 rings (SSSR count). The zero-order chi connectivity index (χ0) is 11.7. The van der Waals surface area contributed by atoms with Crippen LogP contribution in [0.4, 0.5) is 0 Å². The first-order chi connectivity index (χ1) is 7.10. The summed E-state index contributed by atoms with van der Waals surface area (Å²) in [5.74, 6) is 0.365. The van der Waals surface area contributed by atoms with Gasteiger partial charge in [0, 0.05) is 19.6 Å². The van der Waals surface area contributed by atoms with Gasteiger partial charge in [0.1, 0.15) is 0 Å². The van der Waals surface area contributed by atoms with Crippen LogP contribution in [0.1, 0.15) is 13.8 Å². The smallest absolute Gasteiger partial charge is 0.234 e. The molecule has 0 aromatic carbocycles. The van der Waals surface area contributed by atoms with E-state index in [1.807, 2.05) is 13.8 Å². The van der Waals surface area contributed by atoms with Crippen molar-refractivity contribution >= 4 is 5.91 Å². The van der Waals surface area contributed by atoms with Crippen LogP contribution >= 0.6 is 0 Å². The maximum absolute atomic E-state index is 11.4. The van der Waals surface area contributed by atoms with E-state index in [2.05, 4.69) is 5.32 Å². The molecule has 0 fully saturated rings. The Bertz CT molecular complexity index is 168. The molecule has 0 aromatic heterocycles. The van der Waals surface area contributed by atoms with Gasteiger partial charge in [-0.2, -0.15) is 0 Å². The maximum atomic E-state index is 11.4. The molecule has 0 unspecified atom stereocenters. The molecule has 0 radical (unpaired) electrons. The van der Waals surface area contributed by atoms with Crippen LogP contribution in [0.3, 0.4) is 0 Å². The first kappa shape index (κ1) is 14.3. The first-order valence-corrected chi connectivity index (χ1v) is 5.31. The highest BCUT2D eigenvalue weighted by Gasteiger charge is 2.09. The van der Waals surface area contributed by atoms with E-state index in [9.17, 15) is 4.79 Å². The molecule has 15 heavy (non-hydrogen) atoms. The molecular weight excluding hydrogens is 196 g/mol. The van der Waals surface area contributed by atoms with Gasteiger partial charge in [-0.25, -0.2) is 0 Å². The molecule has 5 heteroatoms. The van der Waals surface area contributed by atoms with Gasteiger partial charge in [0.05, 0.1) is 19.8 Å². The minimum atomic E-state index is -0.0643. The minimum absolute atomic E-state index is 0.00252. The lowest BCUT2D eigenvalue weighted by Gasteiger charge is -2.19. The Morgan fingerprint density at radius 3 is 2.20 bits per heavy atom. The Morgan fingerprint density at radius 2 is 1.80 bits per heavy atom. The Labute approximate surface area is 91.1 Å². The average molecular weight is 218 g/mol. The van der Waals surface area contributed by atoms with Crippen molar-refractivity contribution < 1.29 is 15.0 Å². The van der Waals surface area contributed by atoms with E-state index < -0.39 is 0 Å². The van der Waals surface area contributed by atoms with E-state index in [4.69, 9.17) is 10.2 Å². The summed E-state index contributed by atoms with van der Waals surface area (Å²) in [4.78, 5) is 13.1. The van der Waals surface area contributed by atoms with Gasteiger partial charge in [0.2, 0.25) is 5.91 Å². The van der Waals surface area contributed by atoms with E-state index in [-0.39, 0.29) is 25.7 Å². The van der Waals surface area contributed by atoms with E-state index in [1.165, 1.54) is 0 Å².